The molecule has 8 rings (SSSR count). The van der Waals surface area contributed by atoms with Crippen LogP contribution in [0, 0.1) is 0 Å². The molecule has 4 aromatic carbocycles. The third-order valence-corrected chi connectivity index (χ3v) is 10.7. The van der Waals surface area contributed by atoms with Crippen molar-refractivity contribution in [3.63, 3.8) is 0 Å². The van der Waals surface area contributed by atoms with Gasteiger partial charge in [0.2, 0.25) is 0 Å². The number of aryl methyl sites for hydroxylation is 4. The average molecular weight is 687 g/mol. The minimum Gasteiger partial charge on any atom is -0.344 e. The molecule has 0 bridgehead atoms. The fourth-order valence-electron chi connectivity index (χ4n) is 8.45. The molecular weight excluding hydrogens is 637 g/mol. The molecule has 6 heteroatoms. The van der Waals surface area contributed by atoms with Gasteiger partial charge in [-0.1, -0.05) is 110 Å². The van der Waals surface area contributed by atoms with E-state index in [1.54, 1.807) is 0 Å². The van der Waals surface area contributed by atoms with Crippen molar-refractivity contribution in [1.82, 2.24) is 25.3 Å². The zero-order chi connectivity index (χ0) is 34.6. The number of aromatic nitrogens is 4. The Morgan fingerprint density at radius 1 is 0.538 bits per heavy atom. The maximum Gasteiger partial charge on any atom is 0.0711 e. The smallest absolute Gasteiger partial charge is 0.0711 e. The van der Waals surface area contributed by atoms with Gasteiger partial charge in [0, 0.05) is 76.4 Å². The average Bonchev–Trinajstić information content (AvgIpc) is 3.66. The Labute approximate surface area is 306 Å². The van der Waals surface area contributed by atoms with Crippen LogP contribution in [0.25, 0.3) is 43.6 Å². The van der Waals surface area contributed by atoms with E-state index in [2.05, 4.69) is 137 Å². The quantitative estimate of drug-likeness (QED) is 0.119. The van der Waals surface area contributed by atoms with E-state index in [0.29, 0.717) is 12.8 Å². The van der Waals surface area contributed by atoms with Crippen LogP contribution in [0.2, 0.25) is 0 Å². The molecule has 6 nitrogen and oxygen atoms in total. The standard InChI is InChI=1S/C46H47N5.H3N/c1-2-27-46(47,32-40-44-38(25-28-48-40)36-21-9-11-23-42(36)50(44)30-13-19-34-15-5-3-6-16-34)33-41-45-39(26-29-49-41)37-22-10-12-24-43(37)51(45)31-14-20-35-17-7-4-8-18-35;/h3-12,15-18,21-26,28-29H,2,13-14,19-20,27,30-33,47H2,1H3;1H3. The van der Waals surface area contributed by atoms with Crippen LogP contribution >= 0.6 is 0 Å². The van der Waals surface area contributed by atoms with Gasteiger partial charge >= 0.3 is 0 Å². The highest BCUT2D eigenvalue weighted by molar-refractivity contribution is 6.09. The monoisotopic (exact) mass is 686 g/mol. The molecule has 52 heavy (non-hydrogen) atoms. The second kappa shape index (κ2) is 15.5. The maximum atomic E-state index is 7.60. The largest absolute Gasteiger partial charge is 0.344 e. The van der Waals surface area contributed by atoms with Crippen molar-refractivity contribution < 1.29 is 0 Å². The van der Waals surface area contributed by atoms with Gasteiger partial charge in [0.05, 0.1) is 22.4 Å². The number of pyridine rings is 2. The van der Waals surface area contributed by atoms with Gasteiger partial charge in [-0.3, -0.25) is 9.97 Å². The van der Waals surface area contributed by atoms with Crippen LogP contribution in [0.5, 0.6) is 0 Å². The molecule has 0 spiro atoms. The van der Waals surface area contributed by atoms with E-state index in [0.717, 1.165) is 63.0 Å². The number of hydrogen-bond donors (Lipinski definition) is 2. The van der Waals surface area contributed by atoms with E-state index in [-0.39, 0.29) is 6.15 Å². The Morgan fingerprint density at radius 3 is 1.40 bits per heavy atom. The van der Waals surface area contributed by atoms with Crippen LogP contribution in [0.15, 0.2) is 134 Å². The van der Waals surface area contributed by atoms with E-state index in [1.807, 2.05) is 12.4 Å². The molecule has 0 saturated carbocycles. The summed E-state index contributed by atoms with van der Waals surface area (Å²) in [6.07, 6.45) is 11.4. The number of rotatable bonds is 14. The molecular formula is C46H50N6. The maximum absolute atomic E-state index is 7.60. The van der Waals surface area contributed by atoms with Gasteiger partial charge in [-0.2, -0.15) is 0 Å². The summed E-state index contributed by atoms with van der Waals surface area (Å²) in [5, 5.41) is 5.07. The second-order valence-electron chi connectivity index (χ2n) is 14.3. The molecule has 0 radical (unpaired) electrons. The third-order valence-electron chi connectivity index (χ3n) is 10.7. The Morgan fingerprint density at radius 2 is 0.962 bits per heavy atom. The first-order chi connectivity index (χ1) is 25.1. The number of fused-ring (bicyclic) bond motifs is 6. The van der Waals surface area contributed by atoms with Crippen LogP contribution in [0.1, 0.15) is 55.1 Å². The fourth-order valence-corrected chi connectivity index (χ4v) is 8.45. The summed E-state index contributed by atoms with van der Waals surface area (Å²) in [6, 6.07) is 43.6. The van der Waals surface area contributed by atoms with E-state index in [9.17, 15) is 0 Å². The zero-order valence-corrected chi connectivity index (χ0v) is 30.3. The van der Waals surface area contributed by atoms with E-state index in [1.165, 1.54) is 54.7 Å². The number of hydrogen-bond acceptors (Lipinski definition) is 4. The fraction of sp³-hybridized carbons (Fsp3) is 0.261. The molecule has 8 aromatic rings. The van der Waals surface area contributed by atoms with Gasteiger partial charge < -0.3 is 21.0 Å². The van der Waals surface area contributed by atoms with Crippen LogP contribution < -0.4 is 11.9 Å². The highest BCUT2D eigenvalue weighted by Gasteiger charge is 2.30. The Hall–Kier alpha value is -5.30. The molecule has 0 atom stereocenters. The number of para-hydroxylation sites is 2. The molecule has 0 fully saturated rings. The lowest BCUT2D eigenvalue weighted by atomic mass is 9.84. The lowest BCUT2D eigenvalue weighted by Gasteiger charge is -2.30. The topological polar surface area (TPSA) is 96.7 Å². The van der Waals surface area contributed by atoms with Gasteiger partial charge in [-0.15, -0.1) is 0 Å². The first-order valence-corrected chi connectivity index (χ1v) is 18.7. The van der Waals surface area contributed by atoms with E-state index >= 15 is 0 Å². The molecule has 0 saturated heterocycles. The molecule has 0 aliphatic carbocycles. The third kappa shape index (κ3) is 6.97. The van der Waals surface area contributed by atoms with Crippen LogP contribution in [-0.2, 0) is 38.8 Å². The number of benzene rings is 4. The number of nitrogens with zero attached hydrogens (tertiary/aromatic N) is 4. The van der Waals surface area contributed by atoms with Crippen LogP contribution in [-0.4, -0.2) is 24.6 Å². The summed E-state index contributed by atoms with van der Waals surface area (Å²) in [4.78, 5) is 10.2. The van der Waals surface area contributed by atoms with E-state index < -0.39 is 5.54 Å². The van der Waals surface area contributed by atoms with Crippen molar-refractivity contribution in [1.29, 1.82) is 0 Å². The van der Waals surface area contributed by atoms with Crippen LogP contribution in [0.3, 0.4) is 0 Å². The first-order valence-electron chi connectivity index (χ1n) is 18.7. The predicted octanol–water partition coefficient (Wildman–Crippen LogP) is 10.4. The lowest BCUT2D eigenvalue weighted by molar-refractivity contribution is 0.377. The number of nitrogens with two attached hydrogens (primary N) is 1. The Kier molecular flexibility index (Phi) is 10.5. The van der Waals surface area contributed by atoms with Gasteiger partial charge in [-0.05, 0) is 67.5 Å². The Balaban J connectivity index is 0.00000420. The van der Waals surface area contributed by atoms with Crippen molar-refractivity contribution in [3.8, 4) is 0 Å². The minimum absolute atomic E-state index is 0. The molecule has 264 valence electrons. The van der Waals surface area contributed by atoms with Crippen molar-refractivity contribution in [3.05, 3.63) is 156 Å². The summed E-state index contributed by atoms with van der Waals surface area (Å²) >= 11 is 0. The minimum atomic E-state index is -0.520. The van der Waals surface area contributed by atoms with Crippen molar-refractivity contribution in [2.24, 2.45) is 5.73 Å². The normalized spacial score (nSPS) is 11.9. The molecule has 0 aliphatic heterocycles. The zero-order valence-electron chi connectivity index (χ0n) is 30.3. The predicted molar refractivity (Wildman–Crippen MR) is 218 cm³/mol. The summed E-state index contributed by atoms with van der Waals surface area (Å²) in [7, 11) is 0. The molecule has 4 heterocycles. The molecule has 0 aliphatic rings. The Bertz CT molecular complexity index is 2240. The summed E-state index contributed by atoms with van der Waals surface area (Å²) in [5.41, 5.74) is 17.0. The summed E-state index contributed by atoms with van der Waals surface area (Å²) in [5.74, 6) is 0. The van der Waals surface area contributed by atoms with Crippen molar-refractivity contribution >= 4 is 43.6 Å². The van der Waals surface area contributed by atoms with Crippen molar-refractivity contribution in [2.45, 2.75) is 76.9 Å². The lowest BCUT2D eigenvalue weighted by Crippen LogP contribution is -2.45. The van der Waals surface area contributed by atoms with Gasteiger partial charge in [-0.25, -0.2) is 0 Å². The highest BCUT2D eigenvalue weighted by atomic mass is 15.0. The van der Waals surface area contributed by atoms with Gasteiger partial charge in [0.15, 0.2) is 0 Å². The van der Waals surface area contributed by atoms with Gasteiger partial charge in [0.25, 0.3) is 0 Å². The highest BCUT2D eigenvalue weighted by Crippen LogP contribution is 2.36. The summed E-state index contributed by atoms with van der Waals surface area (Å²) in [6.45, 7) is 4.09. The van der Waals surface area contributed by atoms with Crippen LogP contribution in [0.4, 0.5) is 0 Å². The molecule has 0 unspecified atom stereocenters. The first kappa shape index (κ1) is 35.1. The molecule has 4 aromatic heterocycles. The second-order valence-corrected chi connectivity index (χ2v) is 14.3. The molecule has 5 N–H and O–H groups in total. The van der Waals surface area contributed by atoms with Gasteiger partial charge in [0.1, 0.15) is 0 Å². The summed E-state index contributed by atoms with van der Waals surface area (Å²) < 4.78 is 5.01. The molecule has 0 amide bonds. The van der Waals surface area contributed by atoms with E-state index in [4.69, 9.17) is 15.7 Å². The van der Waals surface area contributed by atoms with Crippen molar-refractivity contribution in [2.75, 3.05) is 0 Å². The SMILES string of the molecule is CCCC(N)(Cc1nccc2c3ccccc3n(CCCc3ccccc3)c12)Cc1nccc2c3ccccc3n(CCCc3ccccc3)c12.N.